The van der Waals surface area contributed by atoms with Crippen molar-refractivity contribution < 1.29 is 27.5 Å². The number of carbonyl (C=O) groups is 2. The van der Waals surface area contributed by atoms with E-state index in [0.29, 0.717) is 35.4 Å². The maximum absolute atomic E-state index is 13.6. The van der Waals surface area contributed by atoms with Crippen molar-refractivity contribution in [3.8, 4) is 11.3 Å². The average Bonchev–Trinajstić information content (AvgIpc) is 2.98. The Morgan fingerprint density at radius 2 is 1.73 bits per heavy atom. The molecule has 172 valence electrons. The molecule has 9 heteroatoms. The summed E-state index contributed by atoms with van der Waals surface area (Å²) >= 11 is 6.07. The Hall–Kier alpha value is -3.13. The minimum absolute atomic E-state index is 0.281. The first-order chi connectivity index (χ1) is 15.7. The Morgan fingerprint density at radius 3 is 2.39 bits per heavy atom. The van der Waals surface area contributed by atoms with Crippen molar-refractivity contribution in [2.24, 2.45) is 0 Å². The van der Waals surface area contributed by atoms with Crippen molar-refractivity contribution >= 4 is 23.5 Å². The lowest BCUT2D eigenvalue weighted by molar-refractivity contribution is -0.137. The number of rotatable bonds is 3. The van der Waals surface area contributed by atoms with Crippen LogP contribution in [0, 0.1) is 0 Å². The summed E-state index contributed by atoms with van der Waals surface area (Å²) in [6.07, 6.45) is -0.983. The largest absolute Gasteiger partial charge is 0.465 e. The molecule has 0 atom stereocenters. The predicted octanol–water partition coefficient (Wildman–Crippen LogP) is 5.97. The molecular formula is C24H20ClF3N2O3. The van der Waals surface area contributed by atoms with Gasteiger partial charge in [-0.1, -0.05) is 36.2 Å². The first kappa shape index (κ1) is 23.0. The van der Waals surface area contributed by atoms with Crippen molar-refractivity contribution in [3.63, 3.8) is 0 Å². The van der Waals surface area contributed by atoms with E-state index in [1.807, 2.05) is 0 Å². The molecule has 5 nitrogen and oxygen atoms in total. The van der Waals surface area contributed by atoms with Crippen LogP contribution in [0.15, 0.2) is 42.5 Å². The summed E-state index contributed by atoms with van der Waals surface area (Å²) < 4.78 is 46.7. The number of benzene rings is 2. The van der Waals surface area contributed by atoms with Crippen molar-refractivity contribution in [2.75, 3.05) is 7.11 Å². The summed E-state index contributed by atoms with van der Waals surface area (Å²) in [6.45, 7) is 0. The summed E-state index contributed by atoms with van der Waals surface area (Å²) in [5, 5.41) is 4.18. The third-order valence-electron chi connectivity index (χ3n) is 5.73. The molecule has 1 aliphatic carbocycles. The second kappa shape index (κ2) is 9.02. The lowest BCUT2D eigenvalue weighted by atomic mass is 10.0. The number of fused-ring (bicyclic) bond motifs is 1. The zero-order valence-electron chi connectivity index (χ0n) is 17.7. The fourth-order valence-corrected chi connectivity index (χ4v) is 4.40. The van der Waals surface area contributed by atoms with Gasteiger partial charge in [-0.05, 0) is 49.9 Å². The number of methoxy groups -OCH3 is 1. The van der Waals surface area contributed by atoms with Gasteiger partial charge in [0.05, 0.1) is 40.2 Å². The van der Waals surface area contributed by atoms with Crippen LogP contribution in [0.4, 0.5) is 13.2 Å². The Balaban J connectivity index is 1.86. The van der Waals surface area contributed by atoms with Gasteiger partial charge in [0.25, 0.3) is 5.91 Å². The number of hydrogen-bond acceptors (Lipinski definition) is 4. The maximum atomic E-state index is 13.6. The van der Waals surface area contributed by atoms with Gasteiger partial charge in [0.2, 0.25) is 0 Å². The minimum atomic E-state index is -4.74. The molecule has 0 amide bonds. The monoisotopic (exact) mass is 476 g/mol. The van der Waals surface area contributed by atoms with E-state index in [-0.39, 0.29) is 5.02 Å². The van der Waals surface area contributed by atoms with E-state index in [2.05, 4.69) is 5.10 Å². The van der Waals surface area contributed by atoms with Gasteiger partial charge >= 0.3 is 12.1 Å². The standard InChI is InChI=1S/C24H20ClF3N2O3/c1-33-23(32)15-12-10-14(11-13-15)21-16-6-3-2-4-9-19(16)30(29-21)22(31)20-17(24(26,27)28)7-5-8-18(20)25/h5,7-8,10-13H,2-4,6,9H2,1H3. The first-order valence-corrected chi connectivity index (χ1v) is 10.8. The van der Waals surface area contributed by atoms with E-state index < -0.39 is 29.2 Å². The molecule has 33 heavy (non-hydrogen) atoms. The molecule has 0 saturated carbocycles. The minimum Gasteiger partial charge on any atom is -0.465 e. The van der Waals surface area contributed by atoms with E-state index in [1.165, 1.54) is 19.2 Å². The lowest BCUT2D eigenvalue weighted by Crippen LogP contribution is -2.22. The van der Waals surface area contributed by atoms with E-state index >= 15 is 0 Å². The number of hydrogen-bond donors (Lipinski definition) is 0. The van der Waals surface area contributed by atoms with Gasteiger partial charge in [0, 0.05) is 11.1 Å². The first-order valence-electron chi connectivity index (χ1n) is 10.4. The van der Waals surface area contributed by atoms with Crippen molar-refractivity contribution in [1.29, 1.82) is 0 Å². The van der Waals surface area contributed by atoms with Gasteiger partial charge in [-0.2, -0.15) is 23.0 Å². The fourth-order valence-electron chi connectivity index (χ4n) is 4.14. The molecule has 0 bridgehead atoms. The highest BCUT2D eigenvalue weighted by atomic mass is 35.5. The molecule has 0 unspecified atom stereocenters. The Kier molecular flexibility index (Phi) is 6.30. The number of carbonyl (C=O) groups excluding carboxylic acids is 2. The average molecular weight is 477 g/mol. The highest BCUT2D eigenvalue weighted by Gasteiger charge is 2.38. The third kappa shape index (κ3) is 4.39. The number of nitrogens with zero attached hydrogens (tertiary/aromatic N) is 2. The molecular weight excluding hydrogens is 457 g/mol. The van der Waals surface area contributed by atoms with E-state index in [0.717, 1.165) is 35.6 Å². The Labute approximate surface area is 193 Å². The normalized spacial score (nSPS) is 13.8. The number of halogens is 4. The van der Waals surface area contributed by atoms with Gasteiger partial charge in [0.1, 0.15) is 0 Å². The molecule has 0 radical (unpaired) electrons. The molecule has 3 aromatic rings. The van der Waals surface area contributed by atoms with Crippen LogP contribution in [0.3, 0.4) is 0 Å². The molecule has 1 aromatic heterocycles. The summed E-state index contributed by atoms with van der Waals surface area (Å²) in [7, 11) is 1.29. The van der Waals surface area contributed by atoms with Crippen LogP contribution in [-0.4, -0.2) is 28.8 Å². The van der Waals surface area contributed by atoms with Gasteiger partial charge in [-0.15, -0.1) is 0 Å². The second-order valence-electron chi connectivity index (χ2n) is 7.78. The second-order valence-corrected chi connectivity index (χ2v) is 8.19. The van der Waals surface area contributed by atoms with Crippen LogP contribution in [-0.2, 0) is 23.8 Å². The summed E-state index contributed by atoms with van der Waals surface area (Å²) in [5.41, 5.74) is 1.23. The van der Waals surface area contributed by atoms with Gasteiger partial charge in [-0.3, -0.25) is 4.79 Å². The topological polar surface area (TPSA) is 61.2 Å². The SMILES string of the molecule is COC(=O)c1ccc(-c2nn(C(=O)c3c(Cl)cccc3C(F)(F)F)c3c2CCCCC3)cc1. The number of aromatic nitrogens is 2. The molecule has 0 aliphatic heterocycles. The highest BCUT2D eigenvalue weighted by Crippen LogP contribution is 2.37. The molecule has 4 rings (SSSR count). The van der Waals surface area contributed by atoms with Crippen molar-refractivity contribution in [1.82, 2.24) is 9.78 Å². The summed E-state index contributed by atoms with van der Waals surface area (Å²) in [6, 6.07) is 9.81. The molecule has 0 spiro atoms. The number of ether oxygens (including phenoxy) is 1. The summed E-state index contributed by atoms with van der Waals surface area (Å²) in [5.74, 6) is -1.40. The van der Waals surface area contributed by atoms with E-state index in [9.17, 15) is 22.8 Å². The quantitative estimate of drug-likeness (QED) is 0.345. The van der Waals surface area contributed by atoms with Gasteiger partial charge in [0.15, 0.2) is 0 Å². The van der Waals surface area contributed by atoms with Gasteiger partial charge in [-0.25, -0.2) is 4.79 Å². The van der Waals surface area contributed by atoms with Crippen LogP contribution < -0.4 is 0 Å². The van der Waals surface area contributed by atoms with Crippen LogP contribution in [0.5, 0.6) is 0 Å². The van der Waals surface area contributed by atoms with Gasteiger partial charge < -0.3 is 4.74 Å². The zero-order chi connectivity index (χ0) is 23.8. The van der Waals surface area contributed by atoms with Crippen molar-refractivity contribution in [2.45, 2.75) is 38.3 Å². The van der Waals surface area contributed by atoms with Crippen LogP contribution in [0.25, 0.3) is 11.3 Å². The number of esters is 1. The molecule has 1 heterocycles. The third-order valence-corrected chi connectivity index (χ3v) is 6.05. The summed E-state index contributed by atoms with van der Waals surface area (Å²) in [4.78, 5) is 25.1. The predicted molar refractivity (Wildman–Crippen MR) is 116 cm³/mol. The van der Waals surface area contributed by atoms with Crippen LogP contribution >= 0.6 is 11.6 Å². The van der Waals surface area contributed by atoms with Crippen LogP contribution in [0.1, 0.15) is 56.8 Å². The fraction of sp³-hybridized carbons (Fsp3) is 0.292. The van der Waals surface area contributed by atoms with Crippen molar-refractivity contribution in [3.05, 3.63) is 75.4 Å². The lowest BCUT2D eigenvalue weighted by Gasteiger charge is -2.14. The molecule has 0 fully saturated rings. The smallest absolute Gasteiger partial charge is 0.417 e. The Bertz CT molecular complexity index is 1220. The van der Waals surface area contributed by atoms with E-state index in [1.54, 1.807) is 24.3 Å². The highest BCUT2D eigenvalue weighted by molar-refractivity contribution is 6.34. The van der Waals surface area contributed by atoms with E-state index in [4.69, 9.17) is 16.3 Å². The molecule has 2 aromatic carbocycles. The maximum Gasteiger partial charge on any atom is 0.417 e. The molecule has 0 saturated heterocycles. The molecule has 0 N–H and O–H groups in total. The zero-order valence-corrected chi connectivity index (χ0v) is 18.5. The number of alkyl halides is 3. The van der Waals surface area contributed by atoms with Crippen LogP contribution in [0.2, 0.25) is 5.02 Å². The molecule has 1 aliphatic rings. The Morgan fingerprint density at radius 1 is 1.03 bits per heavy atom.